The molecule has 0 spiro atoms. The predicted octanol–water partition coefficient (Wildman–Crippen LogP) is 21.5. The molecule has 77 heavy (non-hydrogen) atoms. The van der Waals surface area contributed by atoms with Crippen LogP contribution in [0.4, 0.5) is 0 Å². The number of allylic oxidation sites excluding steroid dienone is 24. The number of ether oxygens (including phenoxy) is 3. The van der Waals surface area contributed by atoms with Crippen LogP contribution in [0.3, 0.4) is 0 Å². The van der Waals surface area contributed by atoms with Crippen LogP contribution in [-0.2, 0) is 28.6 Å². The van der Waals surface area contributed by atoms with Crippen LogP contribution < -0.4 is 0 Å². The predicted molar refractivity (Wildman–Crippen MR) is 334 cm³/mol. The van der Waals surface area contributed by atoms with E-state index >= 15 is 0 Å². The highest BCUT2D eigenvalue weighted by Gasteiger charge is 2.19. The van der Waals surface area contributed by atoms with Crippen molar-refractivity contribution >= 4 is 17.9 Å². The Hall–Kier alpha value is -4.71. The van der Waals surface area contributed by atoms with Gasteiger partial charge in [-0.25, -0.2) is 0 Å². The molecule has 0 aliphatic heterocycles. The topological polar surface area (TPSA) is 78.9 Å². The monoisotopic (exact) mass is 1060 g/mol. The zero-order valence-electron chi connectivity index (χ0n) is 49.7. The first-order valence-electron chi connectivity index (χ1n) is 31.3. The fraction of sp³-hybridized carbons (Fsp3) is 0.620. The number of hydrogen-bond donors (Lipinski definition) is 0. The van der Waals surface area contributed by atoms with Gasteiger partial charge in [0.1, 0.15) is 13.2 Å². The van der Waals surface area contributed by atoms with E-state index in [1.54, 1.807) is 0 Å². The van der Waals surface area contributed by atoms with Crippen LogP contribution in [0.2, 0.25) is 0 Å². The van der Waals surface area contributed by atoms with Crippen LogP contribution in [0.5, 0.6) is 0 Å². The average Bonchev–Trinajstić information content (AvgIpc) is 3.43. The summed E-state index contributed by atoms with van der Waals surface area (Å²) >= 11 is 0. The number of esters is 3. The van der Waals surface area contributed by atoms with Gasteiger partial charge in [0, 0.05) is 19.3 Å². The van der Waals surface area contributed by atoms with Crippen LogP contribution in [0.25, 0.3) is 0 Å². The van der Waals surface area contributed by atoms with Crippen LogP contribution in [-0.4, -0.2) is 37.2 Å². The molecule has 0 rings (SSSR count). The van der Waals surface area contributed by atoms with E-state index in [1.165, 1.54) is 70.6 Å². The van der Waals surface area contributed by atoms with E-state index < -0.39 is 6.10 Å². The van der Waals surface area contributed by atoms with Gasteiger partial charge in [0.25, 0.3) is 0 Å². The molecule has 0 aliphatic carbocycles. The van der Waals surface area contributed by atoms with Crippen molar-refractivity contribution in [3.05, 3.63) is 146 Å². The molecule has 0 aromatic carbocycles. The van der Waals surface area contributed by atoms with Gasteiger partial charge in [-0.15, -0.1) is 0 Å². The van der Waals surface area contributed by atoms with Gasteiger partial charge in [0.15, 0.2) is 6.10 Å². The molecular formula is C71H114O6. The summed E-state index contributed by atoms with van der Waals surface area (Å²) < 4.78 is 16.8. The largest absolute Gasteiger partial charge is 0.462 e. The van der Waals surface area contributed by atoms with Crippen molar-refractivity contribution in [2.45, 2.75) is 271 Å². The van der Waals surface area contributed by atoms with E-state index in [2.05, 4.69) is 167 Å². The lowest BCUT2D eigenvalue weighted by atomic mass is 10.0. The Labute approximate surface area is 474 Å². The van der Waals surface area contributed by atoms with E-state index in [9.17, 15) is 14.4 Å². The Morgan fingerprint density at radius 2 is 0.468 bits per heavy atom. The molecular weight excluding hydrogens is 949 g/mol. The van der Waals surface area contributed by atoms with Crippen molar-refractivity contribution < 1.29 is 28.6 Å². The third-order valence-corrected chi connectivity index (χ3v) is 12.8. The molecule has 0 amide bonds. The van der Waals surface area contributed by atoms with Gasteiger partial charge in [-0.1, -0.05) is 256 Å². The second-order valence-electron chi connectivity index (χ2n) is 20.2. The molecule has 434 valence electrons. The van der Waals surface area contributed by atoms with Gasteiger partial charge in [-0.2, -0.15) is 0 Å². The first kappa shape index (κ1) is 72.3. The zero-order valence-corrected chi connectivity index (χ0v) is 49.7. The average molecular weight is 1060 g/mol. The Balaban J connectivity index is 4.33. The summed E-state index contributed by atoms with van der Waals surface area (Å²) in [4.78, 5) is 38.2. The van der Waals surface area contributed by atoms with Gasteiger partial charge in [-0.05, 0) is 135 Å². The summed E-state index contributed by atoms with van der Waals surface area (Å²) in [5, 5.41) is 0. The van der Waals surface area contributed by atoms with Crippen LogP contribution >= 0.6 is 0 Å². The van der Waals surface area contributed by atoms with Gasteiger partial charge in [0.2, 0.25) is 0 Å². The molecule has 0 saturated carbocycles. The van der Waals surface area contributed by atoms with Crippen molar-refractivity contribution in [3.8, 4) is 0 Å². The number of carbonyl (C=O) groups excluding carboxylic acids is 3. The molecule has 0 saturated heterocycles. The zero-order chi connectivity index (χ0) is 55.7. The molecule has 1 atom stereocenters. The van der Waals surface area contributed by atoms with Gasteiger partial charge in [0.05, 0.1) is 0 Å². The van der Waals surface area contributed by atoms with Gasteiger partial charge < -0.3 is 14.2 Å². The quantitative estimate of drug-likeness (QED) is 0.0261. The van der Waals surface area contributed by atoms with Crippen LogP contribution in [0.1, 0.15) is 265 Å². The van der Waals surface area contributed by atoms with Gasteiger partial charge in [-0.3, -0.25) is 14.4 Å². The van der Waals surface area contributed by atoms with Crippen molar-refractivity contribution in [2.24, 2.45) is 0 Å². The van der Waals surface area contributed by atoms with Crippen molar-refractivity contribution in [1.82, 2.24) is 0 Å². The summed E-state index contributed by atoms with van der Waals surface area (Å²) in [6.45, 7) is 6.25. The van der Waals surface area contributed by atoms with Crippen LogP contribution in [0, 0.1) is 0 Å². The molecule has 0 aliphatic rings. The van der Waals surface area contributed by atoms with Crippen molar-refractivity contribution in [3.63, 3.8) is 0 Å². The molecule has 0 aromatic rings. The Morgan fingerprint density at radius 1 is 0.260 bits per heavy atom. The highest BCUT2D eigenvalue weighted by atomic mass is 16.6. The minimum Gasteiger partial charge on any atom is -0.462 e. The smallest absolute Gasteiger partial charge is 0.306 e. The molecule has 1 unspecified atom stereocenters. The van der Waals surface area contributed by atoms with Crippen molar-refractivity contribution in [2.75, 3.05) is 13.2 Å². The first-order chi connectivity index (χ1) is 38.0. The molecule has 0 bridgehead atoms. The second kappa shape index (κ2) is 63.8. The van der Waals surface area contributed by atoms with E-state index in [-0.39, 0.29) is 37.5 Å². The first-order valence-corrected chi connectivity index (χ1v) is 31.3. The van der Waals surface area contributed by atoms with E-state index in [0.29, 0.717) is 19.3 Å². The number of rotatable bonds is 55. The molecule has 6 nitrogen and oxygen atoms in total. The maximum atomic E-state index is 12.9. The lowest BCUT2D eigenvalue weighted by Gasteiger charge is -2.18. The second-order valence-corrected chi connectivity index (χ2v) is 20.2. The Kier molecular flexibility index (Phi) is 59.9. The summed E-state index contributed by atoms with van der Waals surface area (Å²) in [6, 6.07) is 0. The molecule has 6 heteroatoms. The summed E-state index contributed by atoms with van der Waals surface area (Å²) in [6.07, 6.45) is 91.5. The standard InChI is InChI=1S/C71H114O6/c1-4-7-10-13-16-19-22-25-28-29-30-31-32-33-34-35-36-37-38-39-40-41-44-46-49-52-55-58-61-64-70(73)76-67-68(77-71(74)65-62-59-56-53-50-47-43-27-24-21-18-15-12-9-6-3)66-75-69(72)63-60-57-54-51-48-45-42-26-23-20-17-14-11-8-5-2/h7-12,16-21,25-28,30-31,33-34,42-43,50,53,68H,4-6,13-15,22-24,29,32,35-41,44-49,51-52,54-67H2,1-3H3/b10-7-,11-8-,12-9-,19-16-,20-17-,21-18-,28-25-,31-30-,34-33-,42-26-,43-27-,53-50-. The third kappa shape index (κ3) is 62.0. The SMILES string of the molecule is CC/C=C\C/C=C\C/C=C\C/C=C\C/C=C\CCCCCCCCCCCCCCCC(=O)OCC(COC(=O)CCCCCCC/C=C\C/C=C\C/C=C\CC)OC(=O)CCCC/C=C\C/C=C\C/C=C\C/C=C\CC. The van der Waals surface area contributed by atoms with Crippen molar-refractivity contribution in [1.29, 1.82) is 0 Å². The minimum absolute atomic E-state index is 0.105. The Bertz CT molecular complexity index is 1700. The Morgan fingerprint density at radius 3 is 0.753 bits per heavy atom. The third-order valence-electron chi connectivity index (χ3n) is 12.8. The van der Waals surface area contributed by atoms with E-state index in [0.717, 1.165) is 148 Å². The molecule has 0 fully saturated rings. The van der Waals surface area contributed by atoms with E-state index in [1.807, 2.05) is 0 Å². The number of unbranched alkanes of at least 4 members (excludes halogenated alkanes) is 20. The summed E-state index contributed by atoms with van der Waals surface area (Å²) in [7, 11) is 0. The molecule has 0 radical (unpaired) electrons. The maximum Gasteiger partial charge on any atom is 0.306 e. The minimum atomic E-state index is -0.814. The summed E-state index contributed by atoms with van der Waals surface area (Å²) in [5.74, 6) is -0.967. The highest BCUT2D eigenvalue weighted by molar-refractivity contribution is 5.71. The molecule has 0 heterocycles. The summed E-state index contributed by atoms with van der Waals surface area (Å²) in [5.41, 5.74) is 0. The number of hydrogen-bond acceptors (Lipinski definition) is 6. The number of carbonyl (C=O) groups is 3. The lowest BCUT2D eigenvalue weighted by Crippen LogP contribution is -2.30. The van der Waals surface area contributed by atoms with E-state index in [4.69, 9.17) is 14.2 Å². The van der Waals surface area contributed by atoms with Crippen LogP contribution in [0.15, 0.2) is 146 Å². The fourth-order valence-corrected chi connectivity index (χ4v) is 8.24. The maximum absolute atomic E-state index is 12.9. The van der Waals surface area contributed by atoms with Gasteiger partial charge >= 0.3 is 17.9 Å². The fourth-order valence-electron chi connectivity index (χ4n) is 8.24. The normalized spacial score (nSPS) is 13.1. The molecule has 0 aromatic heterocycles. The lowest BCUT2D eigenvalue weighted by molar-refractivity contribution is -0.167. The molecule has 0 N–H and O–H groups in total. The highest BCUT2D eigenvalue weighted by Crippen LogP contribution is 2.15.